The van der Waals surface area contributed by atoms with Crippen LogP contribution in [-0.2, 0) is 4.79 Å². The molecule has 1 atom stereocenters. The van der Waals surface area contributed by atoms with Gasteiger partial charge < -0.3 is 11.1 Å². The maximum atomic E-state index is 12.2. The van der Waals surface area contributed by atoms with Gasteiger partial charge in [-0.1, -0.05) is 19.9 Å². The number of nitrogens with one attached hydrogen (secondary N) is 1. The molecule has 0 aliphatic heterocycles. The largest absolute Gasteiger partial charge is 0.349 e. The van der Waals surface area contributed by atoms with Gasteiger partial charge in [-0.25, -0.2) is 0 Å². The molecular formula is C13H22N2OS. The average Bonchev–Trinajstić information content (AvgIpc) is 2.88. The van der Waals surface area contributed by atoms with E-state index in [4.69, 9.17) is 5.73 Å². The zero-order valence-electron chi connectivity index (χ0n) is 10.8. The van der Waals surface area contributed by atoms with Crippen LogP contribution in [0.25, 0.3) is 0 Å². The van der Waals surface area contributed by atoms with Crippen molar-refractivity contribution in [2.75, 3.05) is 6.54 Å². The number of rotatable bonds is 6. The van der Waals surface area contributed by atoms with Gasteiger partial charge in [0, 0.05) is 11.4 Å². The SMILES string of the molecule is CCC(CC)(CN)NC(=O)C(C)c1cccs1. The zero-order chi connectivity index (χ0) is 12.9. The lowest BCUT2D eigenvalue weighted by molar-refractivity contribution is -0.124. The van der Waals surface area contributed by atoms with Gasteiger partial charge in [0.15, 0.2) is 0 Å². The second-order valence-electron chi connectivity index (χ2n) is 4.42. The normalized spacial score (nSPS) is 13.4. The van der Waals surface area contributed by atoms with E-state index in [0.717, 1.165) is 17.7 Å². The van der Waals surface area contributed by atoms with Crippen LogP contribution < -0.4 is 11.1 Å². The van der Waals surface area contributed by atoms with Crippen LogP contribution in [0.5, 0.6) is 0 Å². The van der Waals surface area contributed by atoms with Gasteiger partial charge in [-0.05, 0) is 31.2 Å². The summed E-state index contributed by atoms with van der Waals surface area (Å²) in [6, 6.07) is 3.97. The van der Waals surface area contributed by atoms with Crippen molar-refractivity contribution in [3.05, 3.63) is 22.4 Å². The van der Waals surface area contributed by atoms with E-state index in [-0.39, 0.29) is 17.4 Å². The molecule has 1 amide bonds. The lowest BCUT2D eigenvalue weighted by atomic mass is 9.92. The summed E-state index contributed by atoms with van der Waals surface area (Å²) < 4.78 is 0. The van der Waals surface area contributed by atoms with Crippen LogP contribution in [0.1, 0.15) is 44.4 Å². The Morgan fingerprint density at radius 2 is 2.18 bits per heavy atom. The van der Waals surface area contributed by atoms with Crippen LogP contribution in [0.3, 0.4) is 0 Å². The van der Waals surface area contributed by atoms with Crippen molar-refractivity contribution in [3.63, 3.8) is 0 Å². The average molecular weight is 254 g/mol. The third-order valence-corrected chi connectivity index (χ3v) is 4.55. The molecule has 1 aromatic rings. The summed E-state index contributed by atoms with van der Waals surface area (Å²) in [4.78, 5) is 13.3. The van der Waals surface area contributed by atoms with Crippen molar-refractivity contribution in [1.29, 1.82) is 0 Å². The smallest absolute Gasteiger partial charge is 0.228 e. The molecule has 1 rings (SSSR count). The molecule has 3 nitrogen and oxygen atoms in total. The van der Waals surface area contributed by atoms with Crippen molar-refractivity contribution >= 4 is 17.2 Å². The highest BCUT2D eigenvalue weighted by Crippen LogP contribution is 2.22. The fraction of sp³-hybridized carbons (Fsp3) is 0.615. The molecule has 1 aromatic heterocycles. The summed E-state index contributed by atoms with van der Waals surface area (Å²) in [5.74, 6) is -0.0272. The molecule has 0 aromatic carbocycles. The van der Waals surface area contributed by atoms with Gasteiger partial charge >= 0.3 is 0 Å². The Morgan fingerprint density at radius 3 is 2.59 bits per heavy atom. The molecule has 3 N–H and O–H groups in total. The van der Waals surface area contributed by atoms with Gasteiger partial charge in [-0.15, -0.1) is 11.3 Å². The molecule has 0 bridgehead atoms. The quantitative estimate of drug-likeness (QED) is 0.819. The molecule has 17 heavy (non-hydrogen) atoms. The molecule has 0 saturated heterocycles. The van der Waals surface area contributed by atoms with E-state index in [1.165, 1.54) is 0 Å². The minimum absolute atomic E-state index is 0.0709. The monoisotopic (exact) mass is 254 g/mol. The minimum atomic E-state index is -0.247. The predicted molar refractivity (Wildman–Crippen MR) is 73.2 cm³/mol. The lowest BCUT2D eigenvalue weighted by Crippen LogP contribution is -2.53. The van der Waals surface area contributed by atoms with Crippen LogP contribution in [0.15, 0.2) is 17.5 Å². The maximum absolute atomic E-state index is 12.2. The van der Waals surface area contributed by atoms with E-state index >= 15 is 0 Å². The van der Waals surface area contributed by atoms with Crippen molar-refractivity contribution in [3.8, 4) is 0 Å². The van der Waals surface area contributed by atoms with E-state index in [0.29, 0.717) is 6.54 Å². The van der Waals surface area contributed by atoms with Gasteiger partial charge in [-0.2, -0.15) is 0 Å². The van der Waals surface area contributed by atoms with Crippen molar-refractivity contribution in [1.82, 2.24) is 5.32 Å². The first-order valence-corrected chi connectivity index (χ1v) is 7.02. The standard InChI is InChI=1S/C13H22N2OS/c1-4-13(5-2,9-14)15-12(16)10(3)11-7-6-8-17-11/h6-8,10H,4-5,9,14H2,1-3H3,(H,15,16). The number of hydrogen-bond acceptors (Lipinski definition) is 3. The first kappa shape index (κ1) is 14.2. The molecule has 0 fully saturated rings. The van der Waals surface area contributed by atoms with Gasteiger partial charge in [0.1, 0.15) is 0 Å². The molecule has 0 aliphatic carbocycles. The summed E-state index contributed by atoms with van der Waals surface area (Å²) >= 11 is 1.62. The third-order valence-electron chi connectivity index (χ3n) is 3.50. The first-order chi connectivity index (χ1) is 8.08. The van der Waals surface area contributed by atoms with Crippen LogP contribution in [0, 0.1) is 0 Å². The second kappa shape index (κ2) is 6.17. The van der Waals surface area contributed by atoms with E-state index in [1.54, 1.807) is 11.3 Å². The Bertz CT molecular complexity index is 336. The van der Waals surface area contributed by atoms with Gasteiger partial charge in [0.2, 0.25) is 5.91 Å². The predicted octanol–water partition coefficient (Wildman–Crippen LogP) is 2.49. The Balaban J connectivity index is 2.71. The number of hydrogen-bond donors (Lipinski definition) is 2. The topological polar surface area (TPSA) is 55.1 Å². The highest BCUT2D eigenvalue weighted by atomic mass is 32.1. The molecule has 1 heterocycles. The van der Waals surface area contributed by atoms with E-state index < -0.39 is 0 Å². The van der Waals surface area contributed by atoms with Crippen LogP contribution in [0.2, 0.25) is 0 Å². The van der Waals surface area contributed by atoms with E-state index in [1.807, 2.05) is 24.4 Å². The Hall–Kier alpha value is -0.870. The minimum Gasteiger partial charge on any atom is -0.349 e. The first-order valence-electron chi connectivity index (χ1n) is 6.14. The van der Waals surface area contributed by atoms with Crippen LogP contribution in [0.4, 0.5) is 0 Å². The number of amides is 1. The van der Waals surface area contributed by atoms with Crippen molar-refractivity contribution in [2.24, 2.45) is 5.73 Å². The highest BCUT2D eigenvalue weighted by Gasteiger charge is 2.28. The number of carbonyl (C=O) groups is 1. The van der Waals surface area contributed by atoms with Gasteiger partial charge in [-0.3, -0.25) is 4.79 Å². The van der Waals surface area contributed by atoms with E-state index in [2.05, 4.69) is 19.2 Å². The summed E-state index contributed by atoms with van der Waals surface area (Å²) in [5, 5.41) is 5.11. The number of thiophene rings is 1. The molecule has 1 unspecified atom stereocenters. The Kier molecular flexibility index (Phi) is 5.15. The maximum Gasteiger partial charge on any atom is 0.228 e. The Labute approximate surface area is 107 Å². The highest BCUT2D eigenvalue weighted by molar-refractivity contribution is 7.10. The summed E-state index contributed by atoms with van der Waals surface area (Å²) in [6.45, 7) is 6.55. The molecular weight excluding hydrogens is 232 g/mol. The number of nitrogens with two attached hydrogens (primary N) is 1. The summed E-state index contributed by atoms with van der Waals surface area (Å²) in [6.07, 6.45) is 1.73. The molecule has 0 saturated carbocycles. The molecule has 0 radical (unpaired) electrons. The third kappa shape index (κ3) is 3.30. The fourth-order valence-corrected chi connectivity index (χ4v) is 2.59. The van der Waals surface area contributed by atoms with E-state index in [9.17, 15) is 4.79 Å². The molecule has 0 aliphatic rings. The fourth-order valence-electron chi connectivity index (χ4n) is 1.80. The summed E-state index contributed by atoms with van der Waals surface area (Å²) in [5.41, 5.74) is 5.54. The molecule has 0 spiro atoms. The summed E-state index contributed by atoms with van der Waals surface area (Å²) in [7, 11) is 0. The van der Waals surface area contributed by atoms with Gasteiger partial charge in [0.25, 0.3) is 0 Å². The van der Waals surface area contributed by atoms with Crippen molar-refractivity contribution < 1.29 is 4.79 Å². The Morgan fingerprint density at radius 1 is 1.53 bits per heavy atom. The number of carbonyl (C=O) groups excluding carboxylic acids is 1. The van der Waals surface area contributed by atoms with Gasteiger partial charge in [0.05, 0.1) is 11.5 Å². The second-order valence-corrected chi connectivity index (χ2v) is 5.40. The van der Waals surface area contributed by atoms with Crippen molar-refractivity contribution in [2.45, 2.75) is 45.1 Å². The molecule has 4 heteroatoms. The zero-order valence-corrected chi connectivity index (χ0v) is 11.6. The van der Waals surface area contributed by atoms with Crippen LogP contribution in [-0.4, -0.2) is 18.0 Å². The van der Waals surface area contributed by atoms with Crippen LogP contribution >= 0.6 is 11.3 Å². The lowest BCUT2D eigenvalue weighted by Gasteiger charge is -2.32. The molecule has 96 valence electrons.